The van der Waals surface area contributed by atoms with Crippen LogP contribution >= 0.6 is 23.2 Å². The Kier molecular flexibility index (Phi) is 8.15. The van der Waals surface area contributed by atoms with Crippen LogP contribution in [0.1, 0.15) is 43.4 Å². The lowest BCUT2D eigenvalue weighted by Crippen LogP contribution is -2.12. The molecule has 0 bridgehead atoms. The van der Waals surface area contributed by atoms with Gasteiger partial charge in [0.2, 0.25) is 5.91 Å². The first-order valence-electron chi connectivity index (χ1n) is 8.92. The van der Waals surface area contributed by atoms with Gasteiger partial charge < -0.3 is 9.47 Å². The summed E-state index contributed by atoms with van der Waals surface area (Å²) in [6.07, 6.45) is 1.46. The zero-order valence-electron chi connectivity index (χ0n) is 16.4. The number of rotatable bonds is 8. The molecule has 1 amide bonds. The summed E-state index contributed by atoms with van der Waals surface area (Å²) < 4.78 is 11.6. The molecule has 2 aromatic rings. The normalized spacial score (nSPS) is 11.1. The molecule has 0 aliphatic heterocycles. The summed E-state index contributed by atoms with van der Waals surface area (Å²) in [6, 6.07) is 9.51. The molecule has 0 aliphatic carbocycles. The van der Waals surface area contributed by atoms with Crippen molar-refractivity contribution in [2.24, 2.45) is 5.10 Å². The first kappa shape index (κ1) is 22.1. The van der Waals surface area contributed by atoms with Crippen LogP contribution in [0.2, 0.25) is 10.0 Å². The van der Waals surface area contributed by atoms with Crippen molar-refractivity contribution in [1.29, 1.82) is 0 Å². The number of nitrogens with one attached hydrogen (secondary N) is 1. The summed E-state index contributed by atoms with van der Waals surface area (Å²) in [6.45, 7) is 8.32. The van der Waals surface area contributed by atoms with E-state index in [1.807, 2.05) is 13.0 Å². The molecular formula is C21H24Cl2N2O3. The molecular weight excluding hydrogens is 399 g/mol. The van der Waals surface area contributed by atoms with E-state index in [-0.39, 0.29) is 5.91 Å². The Morgan fingerprint density at radius 2 is 1.79 bits per heavy atom. The highest BCUT2D eigenvalue weighted by Gasteiger charge is 2.11. The summed E-state index contributed by atoms with van der Waals surface area (Å²) in [5, 5.41) is 4.50. The fraction of sp³-hybridized carbons (Fsp3) is 0.333. The van der Waals surface area contributed by atoms with E-state index in [2.05, 4.69) is 36.5 Å². The Balaban J connectivity index is 1.97. The fourth-order valence-electron chi connectivity index (χ4n) is 2.53. The van der Waals surface area contributed by atoms with Crippen molar-refractivity contribution in [2.75, 3.05) is 13.2 Å². The summed E-state index contributed by atoms with van der Waals surface area (Å²) in [5.74, 6) is 1.35. The second kappa shape index (κ2) is 10.3. The number of ether oxygens (including phenoxy) is 2. The van der Waals surface area contributed by atoms with Gasteiger partial charge in [-0.15, -0.1) is 0 Å². The van der Waals surface area contributed by atoms with E-state index < -0.39 is 0 Å². The lowest BCUT2D eigenvalue weighted by Gasteiger charge is -2.16. The second-order valence-corrected chi connectivity index (χ2v) is 7.45. The van der Waals surface area contributed by atoms with Gasteiger partial charge in [-0.25, -0.2) is 5.43 Å². The van der Waals surface area contributed by atoms with Crippen molar-refractivity contribution in [3.8, 4) is 11.5 Å². The number of nitrogens with zero attached hydrogens (tertiary/aromatic N) is 1. The molecule has 0 unspecified atom stereocenters. The smallest absolute Gasteiger partial charge is 0.236 e. The highest BCUT2D eigenvalue weighted by molar-refractivity contribution is 6.37. The van der Waals surface area contributed by atoms with Crippen molar-refractivity contribution in [1.82, 2.24) is 5.43 Å². The molecule has 0 saturated carbocycles. The van der Waals surface area contributed by atoms with Crippen LogP contribution in [0.3, 0.4) is 0 Å². The Hall–Kier alpha value is -2.24. The number of halogens is 2. The third kappa shape index (κ3) is 6.43. The molecule has 5 nitrogen and oxygen atoms in total. The van der Waals surface area contributed by atoms with Crippen molar-refractivity contribution >= 4 is 35.3 Å². The van der Waals surface area contributed by atoms with Gasteiger partial charge in [-0.05, 0) is 47.7 Å². The van der Waals surface area contributed by atoms with E-state index in [0.29, 0.717) is 40.5 Å². The molecule has 0 fully saturated rings. The van der Waals surface area contributed by atoms with E-state index in [4.69, 9.17) is 32.7 Å². The van der Waals surface area contributed by atoms with Crippen LogP contribution in [0.25, 0.3) is 0 Å². The highest BCUT2D eigenvalue weighted by atomic mass is 35.5. The minimum absolute atomic E-state index is 0.261. The van der Waals surface area contributed by atoms with Crippen molar-refractivity contribution < 1.29 is 14.3 Å². The van der Waals surface area contributed by atoms with Crippen LogP contribution < -0.4 is 14.9 Å². The maximum absolute atomic E-state index is 10.8. The predicted molar refractivity (Wildman–Crippen MR) is 114 cm³/mol. The monoisotopic (exact) mass is 422 g/mol. The Morgan fingerprint density at radius 1 is 1.14 bits per heavy atom. The van der Waals surface area contributed by atoms with Crippen LogP contribution in [-0.4, -0.2) is 25.3 Å². The highest BCUT2D eigenvalue weighted by Crippen LogP contribution is 2.34. The van der Waals surface area contributed by atoms with E-state index in [1.54, 1.807) is 12.1 Å². The third-order valence-corrected chi connectivity index (χ3v) is 4.40. The molecule has 7 heteroatoms. The molecule has 0 aromatic heterocycles. The number of hydrogen-bond donors (Lipinski definition) is 1. The van der Waals surface area contributed by atoms with Gasteiger partial charge in [-0.3, -0.25) is 4.79 Å². The third-order valence-electron chi connectivity index (χ3n) is 3.83. The van der Waals surface area contributed by atoms with Gasteiger partial charge in [0.05, 0.1) is 16.3 Å². The molecule has 150 valence electrons. The fourth-order valence-corrected chi connectivity index (χ4v) is 3.14. The molecule has 0 aliphatic rings. The van der Waals surface area contributed by atoms with Gasteiger partial charge in [0, 0.05) is 6.92 Å². The summed E-state index contributed by atoms with van der Waals surface area (Å²) in [7, 11) is 0. The number of hydrogen-bond acceptors (Lipinski definition) is 4. The summed E-state index contributed by atoms with van der Waals surface area (Å²) in [4.78, 5) is 10.8. The van der Waals surface area contributed by atoms with E-state index in [0.717, 1.165) is 16.9 Å². The minimum atomic E-state index is -0.261. The van der Waals surface area contributed by atoms with Gasteiger partial charge in [0.1, 0.15) is 19.0 Å². The Bertz CT molecular complexity index is 844. The van der Waals surface area contributed by atoms with E-state index >= 15 is 0 Å². The number of benzene rings is 2. The molecule has 2 aromatic carbocycles. The minimum Gasteiger partial charge on any atom is -0.490 e. The largest absolute Gasteiger partial charge is 0.490 e. The Morgan fingerprint density at radius 3 is 2.39 bits per heavy atom. The van der Waals surface area contributed by atoms with Gasteiger partial charge in [-0.1, -0.05) is 49.2 Å². The lowest BCUT2D eigenvalue weighted by atomic mass is 10.0. The van der Waals surface area contributed by atoms with E-state index in [1.165, 1.54) is 13.1 Å². The molecule has 2 rings (SSSR count). The van der Waals surface area contributed by atoms with Gasteiger partial charge in [0.25, 0.3) is 0 Å². The molecule has 28 heavy (non-hydrogen) atoms. The van der Waals surface area contributed by atoms with Crippen LogP contribution in [0.4, 0.5) is 0 Å². The van der Waals surface area contributed by atoms with Gasteiger partial charge >= 0.3 is 0 Å². The topological polar surface area (TPSA) is 59.9 Å². The molecule has 0 radical (unpaired) electrons. The van der Waals surface area contributed by atoms with Crippen LogP contribution in [0, 0.1) is 6.92 Å². The van der Waals surface area contributed by atoms with Crippen molar-refractivity contribution in [3.63, 3.8) is 0 Å². The maximum atomic E-state index is 10.8. The quantitative estimate of drug-likeness (QED) is 0.354. The molecule has 0 spiro atoms. The molecule has 0 saturated heterocycles. The standard InChI is InChI=1S/C21H24Cl2N2O3/c1-13(2)17-6-5-14(3)9-20(17)27-7-8-28-21-18(22)10-16(11-19(21)23)12-24-25-15(4)26/h5-6,9-13H,7-8H2,1-4H3,(H,25,26)/b24-12+. The zero-order chi connectivity index (χ0) is 20.7. The van der Waals surface area contributed by atoms with Crippen LogP contribution in [-0.2, 0) is 4.79 Å². The SMILES string of the molecule is CC(=O)N/N=C/c1cc(Cl)c(OCCOc2cc(C)ccc2C(C)C)c(Cl)c1. The Labute approximate surface area is 175 Å². The number of aryl methyl sites for hydroxylation is 1. The van der Waals surface area contributed by atoms with Gasteiger partial charge in [0.15, 0.2) is 5.75 Å². The molecule has 0 heterocycles. The number of hydrazone groups is 1. The average Bonchev–Trinajstić information content (AvgIpc) is 2.60. The molecule has 1 N–H and O–H groups in total. The van der Waals surface area contributed by atoms with Gasteiger partial charge in [-0.2, -0.15) is 5.10 Å². The lowest BCUT2D eigenvalue weighted by molar-refractivity contribution is -0.118. The molecule has 0 atom stereocenters. The van der Waals surface area contributed by atoms with Crippen molar-refractivity contribution in [2.45, 2.75) is 33.6 Å². The average molecular weight is 423 g/mol. The predicted octanol–water partition coefficient (Wildman–Crippen LogP) is 5.35. The number of carbonyl (C=O) groups is 1. The van der Waals surface area contributed by atoms with E-state index in [9.17, 15) is 4.79 Å². The summed E-state index contributed by atoms with van der Waals surface area (Å²) >= 11 is 12.5. The van der Waals surface area contributed by atoms with Crippen LogP contribution in [0.15, 0.2) is 35.4 Å². The first-order chi connectivity index (χ1) is 13.3. The summed E-state index contributed by atoms with van der Waals surface area (Å²) in [5.41, 5.74) is 5.26. The van der Waals surface area contributed by atoms with Crippen molar-refractivity contribution in [3.05, 3.63) is 57.1 Å². The number of carbonyl (C=O) groups excluding carboxylic acids is 1. The second-order valence-electron chi connectivity index (χ2n) is 6.63. The first-order valence-corrected chi connectivity index (χ1v) is 9.68. The van der Waals surface area contributed by atoms with Crippen LogP contribution in [0.5, 0.6) is 11.5 Å². The zero-order valence-corrected chi connectivity index (χ0v) is 17.9. The maximum Gasteiger partial charge on any atom is 0.236 e. The number of amides is 1.